The van der Waals surface area contributed by atoms with Gasteiger partial charge in [-0.1, -0.05) is 6.92 Å². The van der Waals surface area contributed by atoms with Crippen LogP contribution in [0.3, 0.4) is 0 Å². The molecule has 1 aromatic heterocycles. The van der Waals surface area contributed by atoms with Crippen LogP contribution in [-0.2, 0) is 15.8 Å². The highest BCUT2D eigenvalue weighted by Crippen LogP contribution is 2.33. The number of nitrogens with two attached hydrogens (primary N) is 2. The number of hydrogen-bond donors (Lipinski definition) is 3. The van der Waals surface area contributed by atoms with Crippen molar-refractivity contribution in [2.45, 2.75) is 69.8 Å². The van der Waals surface area contributed by atoms with Gasteiger partial charge in [-0.25, -0.2) is 9.97 Å². The number of amides is 2. The average molecular weight is 467 g/mol. The number of aromatic nitrogens is 2. The van der Waals surface area contributed by atoms with Crippen LogP contribution in [0.2, 0.25) is 0 Å². The topological polar surface area (TPSA) is 127 Å². The van der Waals surface area contributed by atoms with Gasteiger partial charge in [0.15, 0.2) is 0 Å². The maximum atomic E-state index is 13.1. The normalized spacial score (nSPS) is 23.2. The van der Waals surface area contributed by atoms with Gasteiger partial charge in [0.05, 0.1) is 11.1 Å². The van der Waals surface area contributed by atoms with Gasteiger partial charge < -0.3 is 21.7 Å². The molecular formula is C22H29F3N6O2. The number of primary amides is 1. The smallest absolute Gasteiger partial charge is 0.370 e. The van der Waals surface area contributed by atoms with E-state index in [1.165, 1.54) is 12.4 Å². The van der Waals surface area contributed by atoms with Crippen molar-refractivity contribution in [3.8, 4) is 0 Å². The number of rotatable bonds is 4. The predicted molar refractivity (Wildman–Crippen MR) is 118 cm³/mol. The van der Waals surface area contributed by atoms with Gasteiger partial charge in [0.25, 0.3) is 0 Å². The van der Waals surface area contributed by atoms with E-state index >= 15 is 0 Å². The minimum Gasteiger partial charge on any atom is -0.370 e. The highest BCUT2D eigenvalue weighted by atomic mass is 19.4. The third-order valence-corrected chi connectivity index (χ3v) is 6.04. The first-order valence-electron chi connectivity index (χ1n) is 11.0. The number of fused-ring (bicyclic) bond motifs is 1. The summed E-state index contributed by atoms with van der Waals surface area (Å²) in [5.41, 5.74) is 10.2. The third kappa shape index (κ3) is 6.10. The van der Waals surface area contributed by atoms with Crippen LogP contribution in [0.1, 0.15) is 51.0 Å². The molecule has 2 aromatic rings. The highest BCUT2D eigenvalue weighted by molar-refractivity contribution is 5.93. The minimum atomic E-state index is -4.46. The maximum absolute atomic E-state index is 13.1. The highest BCUT2D eigenvalue weighted by Gasteiger charge is 2.37. The molecule has 2 fully saturated rings. The molecule has 33 heavy (non-hydrogen) atoms. The van der Waals surface area contributed by atoms with Gasteiger partial charge in [-0.05, 0) is 50.3 Å². The van der Waals surface area contributed by atoms with E-state index in [9.17, 15) is 22.8 Å². The van der Waals surface area contributed by atoms with E-state index in [2.05, 4.69) is 21.0 Å². The van der Waals surface area contributed by atoms with E-state index in [1.54, 1.807) is 6.92 Å². The summed E-state index contributed by atoms with van der Waals surface area (Å²) < 4.78 is 39.2. The lowest BCUT2D eigenvalue weighted by atomic mass is 9.91. The van der Waals surface area contributed by atoms with E-state index in [-0.39, 0.29) is 35.1 Å². The van der Waals surface area contributed by atoms with E-state index in [0.29, 0.717) is 24.9 Å². The maximum Gasteiger partial charge on any atom is 0.416 e. The van der Waals surface area contributed by atoms with Crippen molar-refractivity contribution < 1.29 is 22.8 Å². The summed E-state index contributed by atoms with van der Waals surface area (Å²) in [6, 6.07) is 3.24. The van der Waals surface area contributed by atoms with Crippen LogP contribution < -0.4 is 16.8 Å². The number of benzene rings is 1. The fraction of sp³-hybridized carbons (Fsp3) is 0.545. The largest absolute Gasteiger partial charge is 0.416 e. The number of halogens is 3. The van der Waals surface area contributed by atoms with Crippen LogP contribution in [0.4, 0.5) is 19.0 Å². The molecule has 0 bridgehead atoms. The Balaban J connectivity index is 0.000000555. The second-order valence-corrected chi connectivity index (χ2v) is 8.36. The van der Waals surface area contributed by atoms with Crippen LogP contribution in [0, 0.1) is 0 Å². The summed E-state index contributed by atoms with van der Waals surface area (Å²) in [5, 5.41) is 3.31. The van der Waals surface area contributed by atoms with E-state index in [4.69, 9.17) is 5.73 Å². The summed E-state index contributed by atoms with van der Waals surface area (Å²) in [6.45, 7) is 2.36. The lowest BCUT2D eigenvalue weighted by molar-refractivity contribution is -0.137. The number of nitrogens with zero attached hydrogens (tertiary/aromatic N) is 3. The molecule has 1 saturated heterocycles. The Labute approximate surface area is 189 Å². The SMILES string of the molecule is CCC(N)=O.NC1CCC(N2CC[C@H](Nc3ncnc4ccc(C(F)(F)F)cc34)C2=O)CC1. The Bertz CT molecular complexity index is 992. The number of carbonyl (C=O) groups is 2. The molecule has 1 atom stereocenters. The van der Waals surface area contributed by atoms with Crippen molar-refractivity contribution in [1.82, 2.24) is 14.9 Å². The molecule has 11 heteroatoms. The van der Waals surface area contributed by atoms with Gasteiger partial charge in [-0.15, -0.1) is 0 Å². The Kier molecular flexibility index (Phi) is 7.72. The lowest BCUT2D eigenvalue weighted by Crippen LogP contribution is -2.44. The number of alkyl halides is 3. The molecule has 1 aliphatic carbocycles. The molecule has 1 aliphatic heterocycles. The molecule has 2 heterocycles. The fourth-order valence-electron chi connectivity index (χ4n) is 4.12. The van der Waals surface area contributed by atoms with Crippen molar-refractivity contribution in [2.24, 2.45) is 11.5 Å². The third-order valence-electron chi connectivity index (χ3n) is 6.04. The van der Waals surface area contributed by atoms with Crippen LogP contribution in [0.15, 0.2) is 24.5 Å². The number of hydrogen-bond acceptors (Lipinski definition) is 6. The Morgan fingerprint density at radius 3 is 2.45 bits per heavy atom. The second-order valence-electron chi connectivity index (χ2n) is 8.36. The molecule has 1 saturated carbocycles. The monoisotopic (exact) mass is 466 g/mol. The number of anilines is 1. The number of nitrogens with one attached hydrogen (secondary N) is 1. The average Bonchev–Trinajstić information content (AvgIpc) is 3.14. The minimum absolute atomic E-state index is 0.0285. The predicted octanol–water partition coefficient (Wildman–Crippen LogP) is 2.81. The first kappa shape index (κ1) is 24.7. The zero-order valence-corrected chi connectivity index (χ0v) is 18.4. The van der Waals surface area contributed by atoms with E-state index in [0.717, 1.165) is 37.8 Å². The van der Waals surface area contributed by atoms with Crippen molar-refractivity contribution in [1.29, 1.82) is 0 Å². The van der Waals surface area contributed by atoms with E-state index < -0.39 is 17.8 Å². The standard InChI is InChI=1S/C19H22F3N5O.C3H7NO/c20-19(21,22)11-1-6-15-14(9-11)17(25-10-24-15)26-16-7-8-27(18(16)28)13-4-2-12(23)3-5-13;1-2-3(4)5/h1,6,9-10,12-13,16H,2-5,7-8,23H2,(H,24,25,26);2H2,1H3,(H2,4,5)/t12?,13?,16-;/m0./s1. The molecule has 0 spiro atoms. The Morgan fingerprint density at radius 1 is 1.18 bits per heavy atom. The van der Waals surface area contributed by atoms with Crippen LogP contribution in [0.5, 0.6) is 0 Å². The lowest BCUT2D eigenvalue weighted by Gasteiger charge is -2.33. The molecule has 2 aliphatic rings. The van der Waals surface area contributed by atoms with Crippen molar-refractivity contribution in [3.05, 3.63) is 30.1 Å². The first-order chi connectivity index (χ1) is 15.6. The zero-order chi connectivity index (χ0) is 24.2. The summed E-state index contributed by atoms with van der Waals surface area (Å²) in [5.74, 6) is -0.0221. The molecule has 0 unspecified atom stereocenters. The second kappa shape index (κ2) is 10.3. The Hall–Kier alpha value is -2.95. The van der Waals surface area contributed by atoms with E-state index in [1.807, 2.05) is 4.90 Å². The van der Waals surface area contributed by atoms with Gasteiger partial charge >= 0.3 is 6.18 Å². The number of likely N-dealkylation sites (tertiary alicyclic amines) is 1. The van der Waals surface area contributed by atoms with Gasteiger partial charge in [-0.3, -0.25) is 9.59 Å². The molecule has 1 aromatic carbocycles. The van der Waals surface area contributed by atoms with Gasteiger partial charge in [0, 0.05) is 30.4 Å². The quantitative estimate of drug-likeness (QED) is 0.636. The molecule has 180 valence electrons. The summed E-state index contributed by atoms with van der Waals surface area (Å²) in [6.07, 6.45) is 1.47. The van der Waals surface area contributed by atoms with Crippen molar-refractivity contribution in [2.75, 3.05) is 11.9 Å². The van der Waals surface area contributed by atoms with Crippen LogP contribution in [-0.4, -0.2) is 51.4 Å². The van der Waals surface area contributed by atoms with Crippen LogP contribution >= 0.6 is 0 Å². The molecule has 5 N–H and O–H groups in total. The van der Waals surface area contributed by atoms with Crippen LogP contribution in [0.25, 0.3) is 10.9 Å². The molecule has 2 amide bonds. The fourth-order valence-corrected chi connectivity index (χ4v) is 4.12. The molecule has 0 radical (unpaired) electrons. The first-order valence-corrected chi connectivity index (χ1v) is 11.0. The zero-order valence-electron chi connectivity index (χ0n) is 18.4. The Morgan fingerprint density at radius 2 is 1.85 bits per heavy atom. The van der Waals surface area contributed by atoms with Gasteiger partial charge in [0.1, 0.15) is 18.2 Å². The molecular weight excluding hydrogens is 437 g/mol. The van der Waals surface area contributed by atoms with Crippen molar-refractivity contribution in [3.63, 3.8) is 0 Å². The van der Waals surface area contributed by atoms with Gasteiger partial charge in [0.2, 0.25) is 11.8 Å². The molecule has 8 nitrogen and oxygen atoms in total. The van der Waals surface area contributed by atoms with Crippen molar-refractivity contribution >= 4 is 28.5 Å². The summed E-state index contributed by atoms with van der Waals surface area (Å²) >= 11 is 0. The molecule has 4 rings (SSSR count). The summed E-state index contributed by atoms with van der Waals surface area (Å²) in [7, 11) is 0. The number of carbonyl (C=O) groups excluding carboxylic acids is 2. The van der Waals surface area contributed by atoms with Gasteiger partial charge in [-0.2, -0.15) is 13.2 Å². The summed E-state index contributed by atoms with van der Waals surface area (Å²) in [4.78, 5) is 32.5.